The maximum atomic E-state index is 12.6. The lowest BCUT2D eigenvalue weighted by Crippen LogP contribution is -2.42. The van der Waals surface area contributed by atoms with Gasteiger partial charge >= 0.3 is 18.1 Å². The highest BCUT2D eigenvalue weighted by Crippen LogP contribution is 2.27. The third kappa shape index (κ3) is 4.09. The molecule has 0 bridgehead atoms. The van der Waals surface area contributed by atoms with Crippen LogP contribution in [0.1, 0.15) is 6.92 Å². The van der Waals surface area contributed by atoms with Gasteiger partial charge in [-0.15, -0.1) is 5.06 Å². The molecular weight excluding hydrogens is 311 g/mol. The third-order valence-electron chi connectivity index (χ3n) is 2.86. The van der Waals surface area contributed by atoms with Crippen molar-refractivity contribution in [2.45, 2.75) is 13.1 Å². The quantitative estimate of drug-likeness (QED) is 0.791. The molecule has 0 N–H and O–H groups in total. The number of carbonyl (C=O) groups is 2. The number of carbonyl (C=O) groups excluding carboxylic acids is 2. The number of hydroxylamine groups is 1. The van der Waals surface area contributed by atoms with Crippen LogP contribution in [-0.2, 0) is 14.4 Å². The number of nitrogens with zero attached hydrogens (tertiary/aromatic N) is 1. The zero-order chi connectivity index (χ0) is 17.0. The van der Waals surface area contributed by atoms with Crippen molar-refractivity contribution in [2.24, 2.45) is 0 Å². The van der Waals surface area contributed by atoms with E-state index in [1.54, 1.807) is 0 Å². The first-order valence-corrected chi connectivity index (χ1v) is 6.54. The Kier molecular flexibility index (Phi) is 4.68. The Morgan fingerprint density at radius 1 is 0.913 bits per heavy atom. The van der Waals surface area contributed by atoms with E-state index in [9.17, 15) is 22.8 Å². The van der Waals surface area contributed by atoms with Crippen molar-refractivity contribution in [2.75, 3.05) is 5.06 Å². The molecule has 2 aromatic carbocycles. The Morgan fingerprint density at radius 3 is 1.91 bits per heavy atom. The highest BCUT2D eigenvalue weighted by Gasteiger charge is 2.45. The average molecular weight is 323 g/mol. The maximum absolute atomic E-state index is 12.6. The van der Waals surface area contributed by atoms with E-state index in [0.717, 1.165) is 18.1 Å². The fraction of sp³-hybridized carbons (Fsp3) is 0.125. The second-order valence-electron chi connectivity index (χ2n) is 4.59. The molecule has 0 heterocycles. The Bertz CT molecular complexity index is 697. The fourth-order valence-electron chi connectivity index (χ4n) is 1.87. The molecule has 0 aromatic heterocycles. The molecule has 0 saturated heterocycles. The number of alkyl halides is 3. The van der Waals surface area contributed by atoms with Gasteiger partial charge in [0.15, 0.2) is 0 Å². The van der Waals surface area contributed by atoms with Crippen LogP contribution in [-0.4, -0.2) is 18.1 Å². The van der Waals surface area contributed by atoms with Crippen LogP contribution in [0, 0.1) is 0 Å². The van der Waals surface area contributed by atoms with E-state index in [-0.39, 0.29) is 10.8 Å². The lowest BCUT2D eigenvalue weighted by atomic mass is 10.1. The highest BCUT2D eigenvalue weighted by atomic mass is 19.4. The van der Waals surface area contributed by atoms with Crippen molar-refractivity contribution in [1.82, 2.24) is 0 Å². The van der Waals surface area contributed by atoms with E-state index in [4.69, 9.17) is 0 Å². The SMILES string of the molecule is CC(=O)ON(C(=O)C(F)(F)F)c1ccc(-c2ccccc2)cc1. The van der Waals surface area contributed by atoms with Gasteiger partial charge in [0.1, 0.15) is 0 Å². The zero-order valence-electron chi connectivity index (χ0n) is 12.0. The number of amides is 1. The van der Waals surface area contributed by atoms with Gasteiger partial charge in [-0.05, 0) is 23.3 Å². The summed E-state index contributed by atoms with van der Waals surface area (Å²) in [6, 6.07) is 14.8. The molecule has 7 heteroatoms. The summed E-state index contributed by atoms with van der Waals surface area (Å²) in [4.78, 5) is 26.7. The van der Waals surface area contributed by atoms with Crippen LogP contribution in [0.2, 0.25) is 0 Å². The minimum absolute atomic E-state index is 0.0584. The van der Waals surface area contributed by atoms with Gasteiger partial charge in [0.2, 0.25) is 0 Å². The van der Waals surface area contributed by atoms with Crippen LogP contribution in [0.5, 0.6) is 0 Å². The van der Waals surface area contributed by atoms with Crippen molar-refractivity contribution in [3.63, 3.8) is 0 Å². The fourth-order valence-corrected chi connectivity index (χ4v) is 1.87. The van der Waals surface area contributed by atoms with Crippen molar-refractivity contribution in [3.8, 4) is 11.1 Å². The molecule has 120 valence electrons. The first-order chi connectivity index (χ1) is 10.8. The summed E-state index contributed by atoms with van der Waals surface area (Å²) in [6.07, 6.45) is -5.16. The number of anilines is 1. The van der Waals surface area contributed by atoms with Crippen molar-refractivity contribution >= 4 is 17.6 Å². The van der Waals surface area contributed by atoms with E-state index in [1.807, 2.05) is 30.3 Å². The van der Waals surface area contributed by atoms with E-state index < -0.39 is 18.1 Å². The molecule has 0 fully saturated rings. The molecule has 2 aromatic rings. The summed E-state index contributed by atoms with van der Waals surface area (Å²) in [5.74, 6) is -3.31. The maximum Gasteiger partial charge on any atom is 0.474 e. The van der Waals surface area contributed by atoms with Gasteiger partial charge in [0.25, 0.3) is 0 Å². The number of hydrogen-bond acceptors (Lipinski definition) is 3. The summed E-state index contributed by atoms with van der Waals surface area (Å²) in [5, 5.41) is -0.0584. The van der Waals surface area contributed by atoms with Gasteiger partial charge < -0.3 is 4.84 Å². The van der Waals surface area contributed by atoms with Crippen LogP contribution >= 0.6 is 0 Å². The largest absolute Gasteiger partial charge is 0.474 e. The van der Waals surface area contributed by atoms with E-state index in [1.165, 1.54) is 24.3 Å². The van der Waals surface area contributed by atoms with Crippen molar-refractivity contribution < 1.29 is 27.6 Å². The first-order valence-electron chi connectivity index (χ1n) is 6.54. The molecule has 0 aliphatic heterocycles. The van der Waals surface area contributed by atoms with E-state index in [2.05, 4.69) is 4.84 Å². The van der Waals surface area contributed by atoms with E-state index in [0.29, 0.717) is 0 Å². The van der Waals surface area contributed by atoms with Gasteiger partial charge in [-0.3, -0.25) is 4.79 Å². The Morgan fingerprint density at radius 2 is 1.43 bits per heavy atom. The smallest absolute Gasteiger partial charge is 0.333 e. The molecule has 0 aliphatic carbocycles. The molecule has 0 atom stereocenters. The summed E-state index contributed by atoms with van der Waals surface area (Å²) in [7, 11) is 0. The normalized spacial score (nSPS) is 11.0. The van der Waals surface area contributed by atoms with Crippen LogP contribution in [0.4, 0.5) is 18.9 Å². The topological polar surface area (TPSA) is 46.6 Å². The van der Waals surface area contributed by atoms with Crippen molar-refractivity contribution in [3.05, 3.63) is 54.6 Å². The molecule has 0 unspecified atom stereocenters. The summed E-state index contributed by atoms with van der Waals surface area (Å²) >= 11 is 0. The number of rotatable bonds is 2. The lowest BCUT2D eigenvalue weighted by Gasteiger charge is -2.21. The second kappa shape index (κ2) is 6.51. The van der Waals surface area contributed by atoms with Crippen LogP contribution in [0.25, 0.3) is 11.1 Å². The van der Waals surface area contributed by atoms with Gasteiger partial charge in [0, 0.05) is 6.92 Å². The average Bonchev–Trinajstić information content (AvgIpc) is 2.52. The molecule has 0 radical (unpaired) electrons. The van der Waals surface area contributed by atoms with Crippen LogP contribution < -0.4 is 5.06 Å². The van der Waals surface area contributed by atoms with Gasteiger partial charge in [-0.25, -0.2) is 4.79 Å². The van der Waals surface area contributed by atoms with Crippen LogP contribution in [0.3, 0.4) is 0 Å². The second-order valence-corrected chi connectivity index (χ2v) is 4.59. The van der Waals surface area contributed by atoms with Gasteiger partial charge in [-0.1, -0.05) is 42.5 Å². The standard InChI is InChI=1S/C16H12F3NO3/c1-11(21)23-20(15(22)16(17,18)19)14-9-7-13(8-10-14)12-5-3-2-4-6-12/h2-10H,1H3. The number of benzene rings is 2. The summed E-state index contributed by atoms with van der Waals surface area (Å²) < 4.78 is 37.8. The minimum atomic E-state index is -5.16. The molecule has 0 spiro atoms. The first kappa shape index (κ1) is 16.5. The van der Waals surface area contributed by atoms with Crippen molar-refractivity contribution in [1.29, 1.82) is 0 Å². The van der Waals surface area contributed by atoms with Gasteiger partial charge in [0.05, 0.1) is 5.69 Å². The number of hydrogen-bond donors (Lipinski definition) is 0. The van der Waals surface area contributed by atoms with Crippen LogP contribution in [0.15, 0.2) is 54.6 Å². The predicted molar refractivity (Wildman–Crippen MR) is 77.2 cm³/mol. The highest BCUT2D eigenvalue weighted by molar-refractivity contribution is 5.97. The van der Waals surface area contributed by atoms with Gasteiger partial charge in [-0.2, -0.15) is 13.2 Å². The lowest BCUT2D eigenvalue weighted by molar-refractivity contribution is -0.180. The summed E-state index contributed by atoms with van der Waals surface area (Å²) in [6.45, 7) is 0.912. The molecule has 23 heavy (non-hydrogen) atoms. The molecular formula is C16H12F3NO3. The molecule has 4 nitrogen and oxygen atoms in total. The molecule has 0 saturated carbocycles. The molecule has 1 amide bonds. The molecule has 2 rings (SSSR count). The zero-order valence-corrected chi connectivity index (χ0v) is 12.0. The molecule has 0 aliphatic rings. The third-order valence-corrected chi connectivity index (χ3v) is 2.86. The Hall–Kier alpha value is -2.83. The Labute approximate surface area is 130 Å². The monoisotopic (exact) mass is 323 g/mol. The minimum Gasteiger partial charge on any atom is -0.333 e. The number of halogens is 3. The summed E-state index contributed by atoms with van der Waals surface area (Å²) in [5.41, 5.74) is 1.42. The van der Waals surface area contributed by atoms with E-state index >= 15 is 0 Å². The predicted octanol–water partition coefficient (Wildman–Crippen LogP) is 3.73. The Balaban J connectivity index is 2.33.